The highest BCUT2D eigenvalue weighted by Crippen LogP contribution is 1.93. The van der Waals surface area contributed by atoms with Crippen LogP contribution in [0.2, 0.25) is 0 Å². The van der Waals surface area contributed by atoms with Gasteiger partial charge in [-0.1, -0.05) is 0 Å². The average Bonchev–Trinajstić information content (AvgIpc) is 2.72. The van der Waals surface area contributed by atoms with Gasteiger partial charge < -0.3 is 42.5 Å². The Balaban J connectivity index is 4.20. The van der Waals surface area contributed by atoms with Crippen LogP contribution in [0.3, 0.4) is 0 Å². The molecule has 0 saturated carbocycles. The number of hydrogen-bond donors (Lipinski definition) is 8. The molecular formula is C18H37N7O6. The highest BCUT2D eigenvalue weighted by molar-refractivity contribution is 5.97. The molecule has 180 valence electrons. The molecule has 0 fully saturated rings. The zero-order chi connectivity index (χ0) is 23.5. The van der Waals surface area contributed by atoms with Gasteiger partial charge in [0.15, 0.2) is 0 Å². The van der Waals surface area contributed by atoms with Gasteiger partial charge in [-0.15, -0.1) is 0 Å². The molecule has 0 radical (unpaired) electrons. The Kier molecular flexibility index (Phi) is 17.1. The summed E-state index contributed by atoms with van der Waals surface area (Å²) in [6.45, 7) is 2.93. The smallest absolute Gasteiger partial charge is 0.229 e. The fraction of sp³-hybridized carbons (Fsp3) is 0.778. The van der Waals surface area contributed by atoms with Gasteiger partial charge in [-0.2, -0.15) is 0 Å². The SMILES string of the molecule is CNC(=O)CC(=O)NCCN(CCNC(=O)CC(=O)NCCNCCN)CC(O)CO. The van der Waals surface area contributed by atoms with Crippen LogP contribution in [0, 0.1) is 0 Å². The maximum atomic E-state index is 11.9. The van der Waals surface area contributed by atoms with Gasteiger partial charge in [0.25, 0.3) is 0 Å². The van der Waals surface area contributed by atoms with Gasteiger partial charge in [0.1, 0.15) is 12.8 Å². The number of amides is 4. The summed E-state index contributed by atoms with van der Waals surface area (Å²) in [6.07, 6.45) is -1.56. The van der Waals surface area contributed by atoms with E-state index in [0.29, 0.717) is 39.3 Å². The van der Waals surface area contributed by atoms with E-state index >= 15 is 0 Å². The van der Waals surface area contributed by atoms with E-state index in [2.05, 4.69) is 26.6 Å². The van der Waals surface area contributed by atoms with Crippen molar-refractivity contribution in [3.05, 3.63) is 0 Å². The molecule has 0 aromatic rings. The molecule has 0 aromatic heterocycles. The maximum absolute atomic E-state index is 11.9. The van der Waals surface area contributed by atoms with E-state index in [1.807, 2.05) is 0 Å². The van der Waals surface area contributed by atoms with Crippen molar-refractivity contribution in [3.63, 3.8) is 0 Å². The standard InChI is InChI=1S/C18H37N7O6/c1-20-15(28)10-16(29)23-6-8-25(12-14(27)13-26)9-7-24-18(31)11-17(30)22-5-4-21-3-2-19/h14,21,26-27H,2-13,19H2,1H3,(H,20,28)(H,22,30)(H,23,29)(H,24,31). The molecule has 31 heavy (non-hydrogen) atoms. The Bertz CT molecular complexity index is 549. The predicted octanol–water partition coefficient (Wildman–Crippen LogP) is -4.94. The maximum Gasteiger partial charge on any atom is 0.229 e. The van der Waals surface area contributed by atoms with Crippen LogP contribution < -0.4 is 32.3 Å². The van der Waals surface area contributed by atoms with E-state index in [-0.39, 0.29) is 32.5 Å². The topological polar surface area (TPSA) is 198 Å². The second-order valence-electron chi connectivity index (χ2n) is 6.75. The third-order valence-electron chi connectivity index (χ3n) is 4.05. The highest BCUT2D eigenvalue weighted by Gasteiger charge is 2.14. The molecule has 1 atom stereocenters. The van der Waals surface area contributed by atoms with Crippen LogP contribution in [0.15, 0.2) is 0 Å². The Morgan fingerprint density at radius 3 is 1.84 bits per heavy atom. The molecule has 13 nitrogen and oxygen atoms in total. The Morgan fingerprint density at radius 1 is 0.839 bits per heavy atom. The number of carbonyl (C=O) groups excluding carboxylic acids is 4. The van der Waals surface area contributed by atoms with Gasteiger partial charge in [0.2, 0.25) is 23.6 Å². The largest absolute Gasteiger partial charge is 0.394 e. The molecule has 1 unspecified atom stereocenters. The van der Waals surface area contributed by atoms with Crippen LogP contribution in [0.4, 0.5) is 0 Å². The van der Waals surface area contributed by atoms with E-state index in [1.165, 1.54) is 7.05 Å². The van der Waals surface area contributed by atoms with E-state index in [4.69, 9.17) is 10.8 Å². The molecule has 0 rings (SSSR count). The van der Waals surface area contributed by atoms with Crippen molar-refractivity contribution in [1.82, 2.24) is 31.5 Å². The molecule has 0 saturated heterocycles. The number of nitrogens with zero attached hydrogens (tertiary/aromatic N) is 1. The van der Waals surface area contributed by atoms with Crippen molar-refractivity contribution < 1.29 is 29.4 Å². The minimum atomic E-state index is -0.976. The predicted molar refractivity (Wildman–Crippen MR) is 114 cm³/mol. The second kappa shape index (κ2) is 18.4. The lowest BCUT2D eigenvalue weighted by Crippen LogP contribution is -2.44. The van der Waals surface area contributed by atoms with E-state index in [9.17, 15) is 24.3 Å². The van der Waals surface area contributed by atoms with Gasteiger partial charge >= 0.3 is 0 Å². The summed E-state index contributed by atoms with van der Waals surface area (Å²) in [5.41, 5.74) is 5.34. The van der Waals surface area contributed by atoms with Crippen molar-refractivity contribution in [2.24, 2.45) is 5.73 Å². The van der Waals surface area contributed by atoms with Crippen LogP contribution in [0.25, 0.3) is 0 Å². The molecule has 0 aliphatic carbocycles. The summed E-state index contributed by atoms with van der Waals surface area (Å²) in [4.78, 5) is 48.1. The zero-order valence-corrected chi connectivity index (χ0v) is 18.1. The number of nitrogens with one attached hydrogen (secondary N) is 5. The number of carbonyl (C=O) groups is 4. The Morgan fingerprint density at radius 2 is 1.35 bits per heavy atom. The first-order valence-corrected chi connectivity index (χ1v) is 10.2. The first-order valence-electron chi connectivity index (χ1n) is 10.2. The van der Waals surface area contributed by atoms with Crippen molar-refractivity contribution >= 4 is 23.6 Å². The summed E-state index contributed by atoms with van der Waals surface area (Å²) >= 11 is 0. The van der Waals surface area contributed by atoms with E-state index in [0.717, 1.165) is 0 Å². The van der Waals surface area contributed by atoms with Crippen LogP contribution >= 0.6 is 0 Å². The van der Waals surface area contributed by atoms with E-state index in [1.54, 1.807) is 4.90 Å². The van der Waals surface area contributed by atoms with Crippen LogP contribution in [0.1, 0.15) is 12.8 Å². The third-order valence-corrected chi connectivity index (χ3v) is 4.05. The van der Waals surface area contributed by atoms with Crippen LogP contribution in [-0.2, 0) is 19.2 Å². The fourth-order valence-electron chi connectivity index (χ4n) is 2.44. The molecule has 0 aromatic carbocycles. The number of nitrogens with two attached hydrogens (primary N) is 1. The summed E-state index contributed by atoms with van der Waals surface area (Å²) < 4.78 is 0. The molecule has 0 bridgehead atoms. The minimum absolute atomic E-state index is 0.133. The van der Waals surface area contributed by atoms with Gasteiger partial charge in [0.05, 0.1) is 12.7 Å². The van der Waals surface area contributed by atoms with Gasteiger partial charge in [-0.3, -0.25) is 24.1 Å². The quantitative estimate of drug-likeness (QED) is 0.0749. The first-order chi connectivity index (χ1) is 14.8. The minimum Gasteiger partial charge on any atom is -0.394 e. The lowest BCUT2D eigenvalue weighted by atomic mass is 10.3. The summed E-state index contributed by atoms with van der Waals surface area (Å²) in [7, 11) is 1.44. The molecule has 0 aliphatic heterocycles. The summed E-state index contributed by atoms with van der Waals surface area (Å²) in [5.74, 6) is -1.66. The summed E-state index contributed by atoms with van der Waals surface area (Å²) in [6, 6.07) is 0. The molecule has 0 heterocycles. The van der Waals surface area contributed by atoms with Crippen molar-refractivity contribution in [3.8, 4) is 0 Å². The van der Waals surface area contributed by atoms with Gasteiger partial charge in [-0.05, 0) is 0 Å². The molecule has 0 spiro atoms. The lowest BCUT2D eigenvalue weighted by Gasteiger charge is -2.24. The number of aliphatic hydroxyl groups excluding tert-OH is 2. The molecular weight excluding hydrogens is 410 g/mol. The lowest BCUT2D eigenvalue weighted by molar-refractivity contribution is -0.130. The monoisotopic (exact) mass is 447 g/mol. The molecule has 4 amide bonds. The van der Waals surface area contributed by atoms with Crippen molar-refractivity contribution in [1.29, 1.82) is 0 Å². The zero-order valence-electron chi connectivity index (χ0n) is 18.1. The highest BCUT2D eigenvalue weighted by atomic mass is 16.3. The van der Waals surface area contributed by atoms with Crippen LogP contribution in [0.5, 0.6) is 0 Å². The summed E-state index contributed by atoms with van der Waals surface area (Å²) in [5, 5.41) is 31.9. The number of rotatable bonds is 18. The number of hydrogen-bond acceptors (Lipinski definition) is 9. The van der Waals surface area contributed by atoms with Gasteiger partial charge in [0, 0.05) is 66.0 Å². The van der Waals surface area contributed by atoms with Crippen molar-refractivity contribution in [2.45, 2.75) is 18.9 Å². The molecule has 13 heteroatoms. The van der Waals surface area contributed by atoms with E-state index < -0.39 is 36.3 Å². The second-order valence-corrected chi connectivity index (χ2v) is 6.75. The molecule has 0 aliphatic rings. The average molecular weight is 448 g/mol. The fourth-order valence-corrected chi connectivity index (χ4v) is 2.44. The number of aliphatic hydroxyl groups is 2. The normalized spacial score (nSPS) is 11.6. The van der Waals surface area contributed by atoms with Crippen molar-refractivity contribution in [2.75, 3.05) is 72.6 Å². The first kappa shape index (κ1) is 28.7. The Hall–Kier alpha value is -2.32. The van der Waals surface area contributed by atoms with Crippen LogP contribution in [-0.4, -0.2) is 117 Å². The molecule has 9 N–H and O–H groups in total. The third kappa shape index (κ3) is 17.1. The Labute approximate surface area is 182 Å². The van der Waals surface area contributed by atoms with Gasteiger partial charge in [-0.25, -0.2) is 0 Å².